The maximum atomic E-state index is 13.5. The van der Waals surface area contributed by atoms with Gasteiger partial charge in [-0.3, -0.25) is 4.79 Å². The first-order chi connectivity index (χ1) is 15.3. The van der Waals surface area contributed by atoms with Gasteiger partial charge < -0.3 is 29.9 Å². The predicted molar refractivity (Wildman–Crippen MR) is 117 cm³/mol. The van der Waals surface area contributed by atoms with Crippen LogP contribution < -0.4 is 14.8 Å². The quantitative estimate of drug-likeness (QED) is 0.656. The summed E-state index contributed by atoms with van der Waals surface area (Å²) in [6.07, 6.45) is 0.348. The van der Waals surface area contributed by atoms with Gasteiger partial charge in [0.05, 0.1) is 25.0 Å². The lowest BCUT2D eigenvalue weighted by Gasteiger charge is -2.46. The molecule has 2 aromatic carbocycles. The number of carbonyl (C=O) groups is 1. The summed E-state index contributed by atoms with van der Waals surface area (Å²) in [6, 6.07) is 9.51. The van der Waals surface area contributed by atoms with E-state index in [0.29, 0.717) is 67.2 Å². The van der Waals surface area contributed by atoms with Gasteiger partial charge in [-0.05, 0) is 48.7 Å². The molecule has 2 heterocycles. The molecule has 0 bridgehead atoms. The predicted octanol–water partition coefficient (Wildman–Crippen LogP) is 3.18. The van der Waals surface area contributed by atoms with E-state index in [1.165, 1.54) is 26.2 Å². The summed E-state index contributed by atoms with van der Waals surface area (Å²) in [5.74, 6) is 0.480. The van der Waals surface area contributed by atoms with Gasteiger partial charge in [-0.1, -0.05) is 6.07 Å². The zero-order valence-electron chi connectivity index (χ0n) is 18.3. The summed E-state index contributed by atoms with van der Waals surface area (Å²) in [5, 5.41) is 24.1. The van der Waals surface area contributed by atoms with Crippen LogP contribution in [-0.4, -0.2) is 53.4 Å². The van der Waals surface area contributed by atoms with E-state index >= 15 is 0 Å². The maximum absolute atomic E-state index is 13.5. The molecular formula is C24H29FN2O5. The first-order valence-corrected chi connectivity index (χ1v) is 10.8. The number of nitrogens with one attached hydrogen (secondary N) is 1. The minimum Gasteiger partial charge on any atom is -0.495 e. The highest BCUT2D eigenvalue weighted by atomic mass is 19.1. The summed E-state index contributed by atoms with van der Waals surface area (Å²) >= 11 is 0. The minimum atomic E-state index is -0.752. The number of amides is 1. The molecule has 2 aliphatic heterocycles. The molecule has 7 nitrogen and oxygen atoms in total. The van der Waals surface area contributed by atoms with Crippen LogP contribution in [0.15, 0.2) is 36.4 Å². The Morgan fingerprint density at radius 1 is 1.31 bits per heavy atom. The fourth-order valence-electron chi connectivity index (χ4n) is 4.63. The monoisotopic (exact) mass is 444 g/mol. The highest BCUT2D eigenvalue weighted by molar-refractivity contribution is 5.90. The van der Waals surface area contributed by atoms with Gasteiger partial charge in [-0.25, -0.2) is 4.39 Å². The molecule has 0 saturated carbocycles. The third-order valence-corrected chi connectivity index (χ3v) is 6.34. The van der Waals surface area contributed by atoms with E-state index < -0.39 is 17.8 Å². The average molecular weight is 445 g/mol. The Kier molecular flexibility index (Phi) is 6.37. The van der Waals surface area contributed by atoms with Crippen LogP contribution in [0.1, 0.15) is 49.5 Å². The number of hydrogen-bond donors (Lipinski definition) is 3. The summed E-state index contributed by atoms with van der Waals surface area (Å²) in [6.45, 7) is 3.27. The Balaban J connectivity index is 1.39. The van der Waals surface area contributed by atoms with Gasteiger partial charge in [-0.15, -0.1) is 0 Å². The van der Waals surface area contributed by atoms with Crippen molar-refractivity contribution in [1.82, 2.24) is 4.90 Å². The van der Waals surface area contributed by atoms with Crippen LogP contribution in [0.2, 0.25) is 0 Å². The van der Waals surface area contributed by atoms with Gasteiger partial charge in [0.2, 0.25) is 5.91 Å². The zero-order valence-corrected chi connectivity index (χ0v) is 18.3. The van der Waals surface area contributed by atoms with Crippen molar-refractivity contribution in [2.45, 2.75) is 44.0 Å². The van der Waals surface area contributed by atoms with Crippen LogP contribution in [0, 0.1) is 5.82 Å². The SMILES string of the molecule is COc1ccc(C(O)CN2CCC3(CC2)CC(O)c2cc(F)ccc2O3)cc1NC(C)=O. The molecule has 8 heteroatoms. The van der Waals surface area contributed by atoms with Crippen molar-refractivity contribution in [1.29, 1.82) is 0 Å². The van der Waals surface area contributed by atoms with Crippen molar-refractivity contribution in [2.24, 2.45) is 0 Å². The lowest BCUT2D eigenvalue weighted by molar-refractivity contribution is -0.114. The average Bonchev–Trinajstić information content (AvgIpc) is 2.76. The Labute approximate surface area is 186 Å². The fraction of sp³-hybridized carbons (Fsp3) is 0.458. The van der Waals surface area contributed by atoms with Crippen LogP contribution in [0.25, 0.3) is 0 Å². The molecule has 3 N–H and O–H groups in total. The van der Waals surface area contributed by atoms with Gasteiger partial charge in [0.1, 0.15) is 22.9 Å². The van der Waals surface area contributed by atoms with Crippen LogP contribution in [0.3, 0.4) is 0 Å². The van der Waals surface area contributed by atoms with E-state index in [1.54, 1.807) is 24.3 Å². The van der Waals surface area contributed by atoms with Crippen molar-refractivity contribution >= 4 is 11.6 Å². The third-order valence-electron chi connectivity index (χ3n) is 6.34. The molecule has 0 radical (unpaired) electrons. The number of hydrogen-bond acceptors (Lipinski definition) is 6. The normalized spacial score (nSPS) is 20.8. The Morgan fingerprint density at radius 3 is 2.75 bits per heavy atom. The van der Waals surface area contributed by atoms with E-state index in [-0.39, 0.29) is 11.7 Å². The number of ether oxygens (including phenoxy) is 2. The number of methoxy groups -OCH3 is 1. The number of piperidine rings is 1. The van der Waals surface area contributed by atoms with Crippen molar-refractivity contribution < 1.29 is 28.9 Å². The van der Waals surface area contributed by atoms with Crippen LogP contribution in [0.5, 0.6) is 11.5 Å². The Hall–Kier alpha value is -2.68. The first-order valence-electron chi connectivity index (χ1n) is 10.8. The third kappa shape index (κ3) is 4.72. The van der Waals surface area contributed by atoms with Gasteiger partial charge in [0.15, 0.2) is 0 Å². The van der Waals surface area contributed by atoms with Gasteiger partial charge in [0, 0.05) is 38.5 Å². The second-order valence-corrected chi connectivity index (χ2v) is 8.64. The number of nitrogens with zero attached hydrogens (tertiary/aromatic N) is 1. The van der Waals surface area contributed by atoms with Crippen LogP contribution in [0.4, 0.5) is 10.1 Å². The molecule has 172 valence electrons. The Bertz CT molecular complexity index is 990. The van der Waals surface area contributed by atoms with E-state index in [2.05, 4.69) is 10.2 Å². The van der Waals surface area contributed by atoms with E-state index in [4.69, 9.17) is 9.47 Å². The topological polar surface area (TPSA) is 91.3 Å². The lowest BCUT2D eigenvalue weighted by atomic mass is 9.81. The number of halogens is 1. The maximum Gasteiger partial charge on any atom is 0.221 e. The highest BCUT2D eigenvalue weighted by Gasteiger charge is 2.43. The molecule has 1 saturated heterocycles. The van der Waals surface area contributed by atoms with Crippen molar-refractivity contribution in [3.8, 4) is 11.5 Å². The number of anilines is 1. The summed E-state index contributed by atoms with van der Waals surface area (Å²) in [5.41, 5.74) is 1.23. The minimum absolute atomic E-state index is 0.213. The number of rotatable bonds is 5. The zero-order chi connectivity index (χ0) is 22.9. The molecule has 0 aromatic heterocycles. The summed E-state index contributed by atoms with van der Waals surface area (Å²) in [7, 11) is 1.53. The molecule has 32 heavy (non-hydrogen) atoms. The molecule has 2 unspecified atom stereocenters. The molecule has 2 aliphatic rings. The molecule has 2 aromatic rings. The van der Waals surface area contributed by atoms with Crippen molar-refractivity contribution in [2.75, 3.05) is 32.1 Å². The van der Waals surface area contributed by atoms with Crippen molar-refractivity contribution in [3.05, 3.63) is 53.3 Å². The smallest absolute Gasteiger partial charge is 0.221 e. The van der Waals surface area contributed by atoms with Gasteiger partial charge >= 0.3 is 0 Å². The molecule has 0 aliphatic carbocycles. The number of aliphatic hydroxyl groups is 2. The fourth-order valence-corrected chi connectivity index (χ4v) is 4.63. The van der Waals surface area contributed by atoms with Crippen molar-refractivity contribution in [3.63, 3.8) is 0 Å². The molecule has 4 rings (SSSR count). The van der Waals surface area contributed by atoms with E-state index in [9.17, 15) is 19.4 Å². The van der Waals surface area contributed by atoms with Crippen LogP contribution in [-0.2, 0) is 4.79 Å². The Morgan fingerprint density at radius 2 is 2.06 bits per heavy atom. The number of aliphatic hydroxyl groups excluding tert-OH is 2. The summed E-state index contributed by atoms with van der Waals surface area (Å²) < 4.78 is 25.0. The number of β-amino-alcohol motifs (C(OH)–C–C–N with tert-alkyl or cyclic N) is 1. The highest BCUT2D eigenvalue weighted by Crippen LogP contribution is 2.44. The number of fused-ring (bicyclic) bond motifs is 1. The number of likely N-dealkylation sites (tertiary alicyclic amines) is 1. The number of carbonyl (C=O) groups excluding carboxylic acids is 1. The number of benzene rings is 2. The van der Waals surface area contributed by atoms with Gasteiger partial charge in [-0.2, -0.15) is 0 Å². The largest absolute Gasteiger partial charge is 0.495 e. The second-order valence-electron chi connectivity index (χ2n) is 8.64. The van der Waals surface area contributed by atoms with E-state index in [0.717, 1.165) is 0 Å². The van der Waals surface area contributed by atoms with Crippen LogP contribution >= 0.6 is 0 Å². The van der Waals surface area contributed by atoms with Gasteiger partial charge in [0.25, 0.3) is 0 Å². The molecule has 1 spiro atoms. The first kappa shape index (κ1) is 22.5. The molecular weight excluding hydrogens is 415 g/mol. The lowest BCUT2D eigenvalue weighted by Crippen LogP contribution is -2.51. The standard InChI is InChI=1S/C24H29FN2O5/c1-15(28)26-19-11-16(3-5-23(19)31-2)21(30)14-27-9-7-24(8-10-27)13-20(29)18-12-17(25)4-6-22(18)32-24/h3-6,11-12,20-21,29-30H,7-10,13-14H2,1-2H3,(H,26,28). The molecule has 2 atom stereocenters. The summed E-state index contributed by atoms with van der Waals surface area (Å²) in [4.78, 5) is 13.6. The second kappa shape index (κ2) is 9.05. The van der Waals surface area contributed by atoms with E-state index in [1.807, 2.05) is 0 Å². The molecule has 1 fully saturated rings. The molecule has 1 amide bonds.